The van der Waals surface area contributed by atoms with Gasteiger partial charge in [0.1, 0.15) is 12.6 Å². The van der Waals surface area contributed by atoms with E-state index in [0.717, 1.165) is 10.4 Å². The predicted molar refractivity (Wildman–Crippen MR) is 66.4 cm³/mol. The van der Waals surface area contributed by atoms with E-state index in [0.29, 0.717) is 5.82 Å². The molecule has 2 rings (SSSR count). The van der Waals surface area contributed by atoms with Crippen molar-refractivity contribution < 1.29 is 14.7 Å². The number of amides is 1. The zero-order valence-corrected chi connectivity index (χ0v) is 10.8. The lowest BCUT2D eigenvalue weighted by Crippen LogP contribution is -2.40. The minimum atomic E-state index is -1.10. The van der Waals surface area contributed by atoms with E-state index in [1.807, 2.05) is 16.8 Å². The molecular weight excluding hydrogens is 270 g/mol. The Morgan fingerprint density at radius 1 is 1.58 bits per heavy atom. The van der Waals surface area contributed by atoms with Crippen LogP contribution in [0.1, 0.15) is 6.92 Å². The number of nitrogens with one attached hydrogen (secondary N) is 1. The van der Waals surface area contributed by atoms with E-state index in [-0.39, 0.29) is 6.54 Å². The van der Waals surface area contributed by atoms with Crippen LogP contribution in [0.25, 0.3) is 11.4 Å². The van der Waals surface area contributed by atoms with E-state index in [1.54, 1.807) is 0 Å². The van der Waals surface area contributed by atoms with Crippen LogP contribution in [0.3, 0.4) is 0 Å². The van der Waals surface area contributed by atoms with Crippen LogP contribution in [-0.2, 0) is 16.1 Å². The maximum Gasteiger partial charge on any atom is 0.325 e. The molecule has 8 nitrogen and oxygen atoms in total. The second-order valence-corrected chi connectivity index (χ2v) is 4.56. The molecule has 0 unspecified atom stereocenters. The molecule has 0 radical (unpaired) electrons. The summed E-state index contributed by atoms with van der Waals surface area (Å²) in [4.78, 5) is 23.2. The molecule has 2 N–H and O–H groups in total. The number of carboxylic acid groups (broad SMARTS) is 1. The number of rotatable bonds is 5. The van der Waals surface area contributed by atoms with E-state index < -0.39 is 17.9 Å². The fraction of sp³-hybridized carbons (Fsp3) is 0.300. The topological polar surface area (TPSA) is 110 Å². The zero-order chi connectivity index (χ0) is 13.8. The van der Waals surface area contributed by atoms with E-state index in [4.69, 9.17) is 5.11 Å². The van der Waals surface area contributed by atoms with Crippen LogP contribution >= 0.6 is 11.3 Å². The fourth-order valence-corrected chi connectivity index (χ4v) is 1.93. The van der Waals surface area contributed by atoms with Gasteiger partial charge in [0.05, 0.1) is 0 Å². The molecule has 100 valence electrons. The van der Waals surface area contributed by atoms with Crippen molar-refractivity contribution in [2.75, 3.05) is 0 Å². The lowest BCUT2D eigenvalue weighted by Gasteiger charge is -2.07. The quantitative estimate of drug-likeness (QED) is 0.797. The van der Waals surface area contributed by atoms with Crippen molar-refractivity contribution in [2.24, 2.45) is 0 Å². The number of hydrogen-bond donors (Lipinski definition) is 2. The van der Waals surface area contributed by atoms with Crippen molar-refractivity contribution >= 4 is 23.2 Å². The smallest absolute Gasteiger partial charge is 0.325 e. The highest BCUT2D eigenvalue weighted by Gasteiger charge is 2.15. The fourth-order valence-electron chi connectivity index (χ4n) is 1.29. The van der Waals surface area contributed by atoms with Gasteiger partial charge in [0.25, 0.3) is 0 Å². The molecular formula is C10H11N5O3S. The molecule has 2 heterocycles. The molecule has 0 saturated carbocycles. The standard InChI is InChI=1S/C10H11N5O3S/c1-6(10(17)18)11-8(16)4-15-13-9(12-14-15)7-2-3-19-5-7/h2-3,5-6H,4H2,1H3,(H,11,16)(H,17,18)/t6-/m0/s1. The normalized spacial score (nSPS) is 12.1. The maximum atomic E-state index is 11.5. The van der Waals surface area contributed by atoms with Gasteiger partial charge in [-0.3, -0.25) is 9.59 Å². The van der Waals surface area contributed by atoms with Crippen molar-refractivity contribution in [3.63, 3.8) is 0 Å². The highest BCUT2D eigenvalue weighted by atomic mass is 32.1. The first-order valence-electron chi connectivity index (χ1n) is 5.39. The van der Waals surface area contributed by atoms with Gasteiger partial charge >= 0.3 is 5.97 Å². The Morgan fingerprint density at radius 3 is 3.00 bits per heavy atom. The molecule has 2 aromatic heterocycles. The van der Waals surface area contributed by atoms with Crippen LogP contribution in [0.2, 0.25) is 0 Å². The van der Waals surface area contributed by atoms with Gasteiger partial charge < -0.3 is 10.4 Å². The van der Waals surface area contributed by atoms with Crippen molar-refractivity contribution in [1.29, 1.82) is 0 Å². The molecule has 0 bridgehead atoms. The largest absolute Gasteiger partial charge is 0.480 e. The molecule has 1 atom stereocenters. The summed E-state index contributed by atoms with van der Waals surface area (Å²) < 4.78 is 0. The van der Waals surface area contributed by atoms with Crippen LogP contribution in [-0.4, -0.2) is 43.2 Å². The second kappa shape index (κ2) is 5.57. The maximum absolute atomic E-state index is 11.5. The lowest BCUT2D eigenvalue weighted by molar-refractivity contribution is -0.141. The molecule has 19 heavy (non-hydrogen) atoms. The predicted octanol–water partition coefficient (Wildman–Crippen LogP) is -0.00910. The summed E-state index contributed by atoms with van der Waals surface area (Å²) in [6, 6.07) is 0.894. The Bertz CT molecular complexity index is 580. The molecule has 0 aliphatic carbocycles. The number of thiophene rings is 1. The summed E-state index contributed by atoms with van der Waals surface area (Å²) in [7, 11) is 0. The molecule has 0 fully saturated rings. The molecule has 0 spiro atoms. The van der Waals surface area contributed by atoms with E-state index in [9.17, 15) is 9.59 Å². The van der Waals surface area contributed by atoms with Crippen molar-refractivity contribution in [3.8, 4) is 11.4 Å². The third-order valence-electron chi connectivity index (χ3n) is 2.27. The third-order valence-corrected chi connectivity index (χ3v) is 2.95. The Labute approximate surface area is 112 Å². The summed E-state index contributed by atoms with van der Waals surface area (Å²) in [5.41, 5.74) is 0.829. The molecule has 9 heteroatoms. The van der Waals surface area contributed by atoms with Gasteiger partial charge in [0.2, 0.25) is 11.7 Å². The molecule has 0 saturated heterocycles. The van der Waals surface area contributed by atoms with Crippen LogP contribution in [0.5, 0.6) is 0 Å². The van der Waals surface area contributed by atoms with Gasteiger partial charge in [-0.1, -0.05) is 0 Å². The van der Waals surface area contributed by atoms with Gasteiger partial charge in [-0.05, 0) is 23.6 Å². The van der Waals surface area contributed by atoms with Gasteiger partial charge in [0, 0.05) is 10.9 Å². The van der Waals surface area contributed by atoms with Crippen LogP contribution in [0.4, 0.5) is 0 Å². The summed E-state index contributed by atoms with van der Waals surface area (Å²) in [5, 5.41) is 26.3. The Hall–Kier alpha value is -2.29. The minimum Gasteiger partial charge on any atom is -0.480 e. The number of aromatic nitrogens is 4. The number of carboxylic acids is 1. The third kappa shape index (κ3) is 3.35. The van der Waals surface area contributed by atoms with Crippen LogP contribution in [0, 0.1) is 0 Å². The summed E-state index contributed by atoms with van der Waals surface area (Å²) >= 11 is 1.51. The minimum absolute atomic E-state index is 0.172. The number of carbonyl (C=O) groups is 2. The molecule has 2 aromatic rings. The molecule has 1 amide bonds. The Balaban J connectivity index is 1.97. The Morgan fingerprint density at radius 2 is 2.37 bits per heavy atom. The number of hydrogen-bond acceptors (Lipinski definition) is 6. The lowest BCUT2D eigenvalue weighted by atomic mass is 10.3. The van der Waals surface area contributed by atoms with E-state index in [2.05, 4.69) is 20.7 Å². The highest BCUT2D eigenvalue weighted by Crippen LogP contribution is 2.16. The first-order valence-corrected chi connectivity index (χ1v) is 6.33. The second-order valence-electron chi connectivity index (χ2n) is 3.78. The molecule has 0 aliphatic rings. The van der Waals surface area contributed by atoms with Crippen molar-refractivity contribution in [1.82, 2.24) is 25.5 Å². The first kappa shape index (κ1) is 13.1. The Kier molecular flexibility index (Phi) is 3.85. The van der Waals surface area contributed by atoms with Gasteiger partial charge in [0.15, 0.2) is 0 Å². The summed E-state index contributed by atoms with van der Waals surface area (Å²) in [5.74, 6) is -1.15. The summed E-state index contributed by atoms with van der Waals surface area (Å²) in [6.07, 6.45) is 0. The van der Waals surface area contributed by atoms with Crippen LogP contribution < -0.4 is 5.32 Å². The monoisotopic (exact) mass is 281 g/mol. The van der Waals surface area contributed by atoms with Gasteiger partial charge in [-0.25, -0.2) is 0 Å². The van der Waals surface area contributed by atoms with Crippen molar-refractivity contribution in [3.05, 3.63) is 16.8 Å². The molecule has 0 aliphatic heterocycles. The van der Waals surface area contributed by atoms with Crippen LogP contribution in [0.15, 0.2) is 16.8 Å². The summed E-state index contributed by atoms with van der Waals surface area (Å²) in [6.45, 7) is 1.21. The van der Waals surface area contributed by atoms with E-state index in [1.165, 1.54) is 18.3 Å². The zero-order valence-electron chi connectivity index (χ0n) is 9.98. The number of aliphatic carboxylic acids is 1. The average Bonchev–Trinajstić information content (AvgIpc) is 2.97. The molecule has 0 aromatic carbocycles. The highest BCUT2D eigenvalue weighted by molar-refractivity contribution is 7.08. The first-order chi connectivity index (χ1) is 9.06. The van der Waals surface area contributed by atoms with Crippen molar-refractivity contribution in [2.45, 2.75) is 19.5 Å². The van der Waals surface area contributed by atoms with Gasteiger partial charge in [-0.2, -0.15) is 16.1 Å². The van der Waals surface area contributed by atoms with E-state index >= 15 is 0 Å². The SMILES string of the molecule is C[C@H](NC(=O)Cn1nnc(-c2ccsc2)n1)C(=O)O. The number of tetrazole rings is 1. The number of nitrogens with zero attached hydrogens (tertiary/aromatic N) is 4. The van der Waals surface area contributed by atoms with Gasteiger partial charge in [-0.15, -0.1) is 10.2 Å². The average molecular weight is 281 g/mol. The number of carbonyl (C=O) groups excluding carboxylic acids is 1.